The van der Waals surface area contributed by atoms with E-state index in [1.165, 1.54) is 102 Å². The van der Waals surface area contributed by atoms with Crippen molar-refractivity contribution in [3.63, 3.8) is 0 Å². The number of rotatable bonds is 19. The molecule has 1 atom stereocenters. The molecule has 0 nitrogen and oxygen atoms in total. The van der Waals surface area contributed by atoms with E-state index in [4.69, 9.17) is 0 Å². The molecule has 0 spiro atoms. The molecule has 2 aromatic rings. The molecule has 2 heteroatoms. The summed E-state index contributed by atoms with van der Waals surface area (Å²) in [4.78, 5) is 0. The van der Waals surface area contributed by atoms with Crippen LogP contribution >= 0.6 is 16.5 Å². The second-order valence-corrected chi connectivity index (χ2v) is 15.6. The average Bonchev–Trinajstić information content (AvgIpc) is 2.90. The zero-order valence-electron chi connectivity index (χ0n) is 22.6. The molecule has 0 amide bonds. The van der Waals surface area contributed by atoms with Gasteiger partial charge < -0.3 is 0 Å². The Morgan fingerprint density at radius 3 is 1.24 bits per heavy atom. The van der Waals surface area contributed by atoms with Crippen molar-refractivity contribution >= 4 is 16.5 Å². The van der Waals surface area contributed by atoms with Crippen LogP contribution in [0.2, 0.25) is 0 Å². The van der Waals surface area contributed by atoms with E-state index in [1.54, 1.807) is 11.1 Å². The van der Waals surface area contributed by atoms with Crippen molar-refractivity contribution in [2.24, 2.45) is 0 Å². The number of unbranched alkanes of at least 4 members (excludes halogenated alkanes) is 10. The molecule has 0 saturated carbocycles. The topological polar surface area (TPSA) is 0 Å². The summed E-state index contributed by atoms with van der Waals surface area (Å²) in [5, 5.41) is 0.199. The van der Waals surface area contributed by atoms with Gasteiger partial charge in [-0.15, -0.1) is 9.24 Å². The SMILES string of the molecule is CC[P+](CC)(CC)C(CCCCCCCCCCCCCP)(c1ccccc1)c1ccccc1. The van der Waals surface area contributed by atoms with E-state index < -0.39 is 7.26 Å². The third-order valence-electron chi connectivity index (χ3n) is 8.37. The van der Waals surface area contributed by atoms with Crippen molar-refractivity contribution in [1.82, 2.24) is 0 Å². The van der Waals surface area contributed by atoms with Gasteiger partial charge in [-0.2, -0.15) is 0 Å². The van der Waals surface area contributed by atoms with Gasteiger partial charge in [0.15, 0.2) is 0 Å². The lowest BCUT2D eigenvalue weighted by Gasteiger charge is -2.45. The van der Waals surface area contributed by atoms with Gasteiger partial charge in [-0.25, -0.2) is 0 Å². The minimum atomic E-state index is -1.21. The molecule has 34 heavy (non-hydrogen) atoms. The Bertz CT molecular complexity index is 688. The fourth-order valence-corrected chi connectivity index (χ4v) is 11.5. The zero-order chi connectivity index (χ0) is 24.5. The van der Waals surface area contributed by atoms with Crippen LogP contribution in [0, 0.1) is 0 Å². The first-order valence-electron chi connectivity index (χ1n) is 14.4. The van der Waals surface area contributed by atoms with Crippen molar-refractivity contribution in [2.45, 2.75) is 103 Å². The van der Waals surface area contributed by atoms with Gasteiger partial charge in [0.25, 0.3) is 0 Å². The van der Waals surface area contributed by atoms with Gasteiger partial charge in [0, 0.05) is 7.26 Å². The monoisotopic (exact) mass is 499 g/mol. The summed E-state index contributed by atoms with van der Waals surface area (Å²) >= 11 is 0. The van der Waals surface area contributed by atoms with Crippen LogP contribution in [0.3, 0.4) is 0 Å². The molecular weight excluding hydrogens is 446 g/mol. The highest BCUT2D eigenvalue weighted by atomic mass is 31.2. The highest BCUT2D eigenvalue weighted by Gasteiger charge is 2.56. The number of hydrogen-bond donors (Lipinski definition) is 0. The van der Waals surface area contributed by atoms with Crippen molar-refractivity contribution in [3.05, 3.63) is 71.8 Å². The van der Waals surface area contributed by atoms with Gasteiger partial charge in [-0.3, -0.25) is 0 Å². The number of hydrogen-bond acceptors (Lipinski definition) is 0. The van der Waals surface area contributed by atoms with Gasteiger partial charge >= 0.3 is 0 Å². The van der Waals surface area contributed by atoms with E-state index in [1.807, 2.05) is 0 Å². The van der Waals surface area contributed by atoms with Crippen LogP contribution in [0.4, 0.5) is 0 Å². The molecule has 1 unspecified atom stereocenters. The highest BCUT2D eigenvalue weighted by molar-refractivity contribution is 7.77. The van der Waals surface area contributed by atoms with E-state index >= 15 is 0 Å². The Morgan fingerprint density at radius 1 is 0.529 bits per heavy atom. The predicted octanol–water partition coefficient (Wildman–Crippen LogP) is 10.6. The summed E-state index contributed by atoms with van der Waals surface area (Å²) in [5.41, 5.74) is 3.14. The van der Waals surface area contributed by atoms with E-state index in [0.29, 0.717) is 0 Å². The van der Waals surface area contributed by atoms with Gasteiger partial charge in [-0.05, 0) is 57.3 Å². The Morgan fingerprint density at radius 2 is 0.882 bits per heavy atom. The highest BCUT2D eigenvalue weighted by Crippen LogP contribution is 2.76. The fraction of sp³-hybridized carbons (Fsp3) is 0.625. The lowest BCUT2D eigenvalue weighted by molar-refractivity contribution is 0.522. The smallest absolute Gasteiger partial charge is 0.129 e. The molecule has 0 aliphatic carbocycles. The molecule has 0 heterocycles. The maximum atomic E-state index is 2.85. The Balaban J connectivity index is 2.04. The van der Waals surface area contributed by atoms with Crippen molar-refractivity contribution < 1.29 is 0 Å². The van der Waals surface area contributed by atoms with Crippen molar-refractivity contribution in [3.8, 4) is 0 Å². The van der Waals surface area contributed by atoms with Crippen LogP contribution < -0.4 is 0 Å². The Kier molecular flexibility index (Phi) is 14.7. The van der Waals surface area contributed by atoms with Gasteiger partial charge in [0.05, 0.1) is 18.5 Å². The maximum Gasteiger partial charge on any atom is 0.129 e. The van der Waals surface area contributed by atoms with Crippen LogP contribution in [0.1, 0.15) is 109 Å². The molecular formula is C32H53P2+. The minimum Gasteiger partial charge on any atom is -0.138 e. The number of benzene rings is 2. The van der Waals surface area contributed by atoms with Crippen LogP contribution in [0.25, 0.3) is 0 Å². The molecule has 0 aliphatic rings. The third kappa shape index (κ3) is 7.90. The van der Waals surface area contributed by atoms with E-state index in [-0.39, 0.29) is 5.16 Å². The molecule has 0 radical (unpaired) electrons. The van der Waals surface area contributed by atoms with Crippen LogP contribution in [-0.4, -0.2) is 24.6 Å². The Labute approximate surface area is 215 Å². The molecule has 0 N–H and O–H groups in total. The summed E-state index contributed by atoms with van der Waals surface area (Å²) in [7, 11) is 1.64. The van der Waals surface area contributed by atoms with Gasteiger partial charge in [0.1, 0.15) is 5.16 Å². The summed E-state index contributed by atoms with van der Waals surface area (Å²) < 4.78 is 0. The quantitative estimate of drug-likeness (QED) is 0.133. The first-order chi connectivity index (χ1) is 16.7. The van der Waals surface area contributed by atoms with E-state index in [9.17, 15) is 0 Å². The summed E-state index contributed by atoms with van der Waals surface area (Å²) in [6.45, 7) is 7.42. The summed E-state index contributed by atoms with van der Waals surface area (Å²) in [6.07, 6.45) is 22.1. The first kappa shape index (κ1) is 29.5. The fourth-order valence-electron chi connectivity index (χ4n) is 6.26. The van der Waals surface area contributed by atoms with Crippen LogP contribution in [-0.2, 0) is 5.16 Å². The summed E-state index contributed by atoms with van der Waals surface area (Å²) in [5.74, 6) is 0. The van der Waals surface area contributed by atoms with Crippen LogP contribution in [0.15, 0.2) is 60.7 Å². The molecule has 2 rings (SSSR count). The second-order valence-electron chi connectivity index (χ2n) is 10.1. The van der Waals surface area contributed by atoms with Crippen molar-refractivity contribution in [1.29, 1.82) is 0 Å². The largest absolute Gasteiger partial charge is 0.138 e. The molecule has 190 valence electrons. The van der Waals surface area contributed by atoms with Gasteiger partial charge in [-0.1, -0.05) is 118 Å². The first-order valence-corrected chi connectivity index (χ1v) is 17.5. The zero-order valence-corrected chi connectivity index (χ0v) is 24.7. The van der Waals surface area contributed by atoms with E-state index in [0.717, 1.165) is 0 Å². The molecule has 0 aromatic heterocycles. The van der Waals surface area contributed by atoms with E-state index in [2.05, 4.69) is 90.7 Å². The lowest BCUT2D eigenvalue weighted by atomic mass is 9.85. The van der Waals surface area contributed by atoms with Gasteiger partial charge in [0.2, 0.25) is 0 Å². The summed E-state index contributed by atoms with van der Waals surface area (Å²) in [6, 6.07) is 23.2. The Hall–Kier alpha value is -0.700. The third-order valence-corrected chi connectivity index (χ3v) is 14.8. The predicted molar refractivity (Wildman–Crippen MR) is 162 cm³/mol. The molecule has 2 aromatic carbocycles. The normalized spacial score (nSPS) is 12.2. The molecule has 0 aliphatic heterocycles. The van der Waals surface area contributed by atoms with Crippen molar-refractivity contribution in [2.75, 3.05) is 24.6 Å². The average molecular weight is 500 g/mol. The minimum absolute atomic E-state index is 0.199. The maximum absolute atomic E-state index is 2.85. The standard InChI is InChI=1S/C32H53P2/c1-4-34(5-2,6-3)32(30-24-18-16-19-25-30,31-26-20-17-21-27-31)28-22-14-12-10-8-7-9-11-13-15-23-29-33/h16-21,24-27H,4-15,22-23,28-29,33H2,1-3H3/q+1. The second kappa shape index (κ2) is 16.9. The molecule has 0 saturated heterocycles. The van der Waals surface area contributed by atoms with Crippen LogP contribution in [0.5, 0.6) is 0 Å². The molecule has 0 bridgehead atoms. The lowest BCUT2D eigenvalue weighted by Crippen LogP contribution is -2.34. The molecule has 0 fully saturated rings.